The summed E-state index contributed by atoms with van der Waals surface area (Å²) in [4.78, 5) is 14.2. The standard InChI is InChI=1S/C19H20F3N3O3/c1-24(11-12-28-2)10-6-9-15(26)13-16-17(19(20,21)22)23-25(18(16)27)14-7-4-3-5-8-14/h3-10,13,26H,11-12H2,1-2H3/b10-6+,15-9-,16-13-. The molecule has 0 bridgehead atoms. The van der Waals surface area contributed by atoms with Crippen LogP contribution in [0.25, 0.3) is 0 Å². The molecule has 0 fully saturated rings. The van der Waals surface area contributed by atoms with Crippen LogP contribution in [-0.4, -0.2) is 55.1 Å². The van der Waals surface area contributed by atoms with E-state index in [2.05, 4.69) is 5.10 Å². The van der Waals surface area contributed by atoms with Gasteiger partial charge in [0.2, 0.25) is 0 Å². The molecular weight excluding hydrogens is 375 g/mol. The van der Waals surface area contributed by atoms with Crippen LogP contribution in [0.3, 0.4) is 0 Å². The Morgan fingerprint density at radius 2 is 2.00 bits per heavy atom. The van der Waals surface area contributed by atoms with Crippen LogP contribution in [0.4, 0.5) is 18.9 Å². The quantitative estimate of drug-likeness (QED) is 0.437. The number of methoxy groups -OCH3 is 1. The number of rotatable bonds is 7. The lowest BCUT2D eigenvalue weighted by Crippen LogP contribution is -2.25. The Hall–Kier alpha value is -3.07. The third-order valence-corrected chi connectivity index (χ3v) is 3.70. The number of hydrogen-bond acceptors (Lipinski definition) is 5. The molecule has 0 saturated carbocycles. The summed E-state index contributed by atoms with van der Waals surface area (Å²) >= 11 is 0. The SMILES string of the molecule is COCCN(C)/C=C/C=C(O)/C=C1\C(=O)N(c2ccccc2)N=C1C(F)(F)F. The van der Waals surface area contributed by atoms with Crippen molar-refractivity contribution in [3.63, 3.8) is 0 Å². The smallest absolute Gasteiger partial charge is 0.435 e. The Balaban J connectivity index is 2.26. The number of alkyl halides is 3. The zero-order valence-electron chi connectivity index (χ0n) is 15.3. The minimum absolute atomic E-state index is 0.195. The number of anilines is 1. The number of halogens is 3. The van der Waals surface area contributed by atoms with Gasteiger partial charge < -0.3 is 14.7 Å². The van der Waals surface area contributed by atoms with Gasteiger partial charge in [-0.25, -0.2) is 0 Å². The van der Waals surface area contributed by atoms with Gasteiger partial charge in [-0.15, -0.1) is 0 Å². The first kappa shape index (κ1) is 21.2. The molecule has 0 saturated heterocycles. The summed E-state index contributed by atoms with van der Waals surface area (Å²) in [6, 6.07) is 7.75. The van der Waals surface area contributed by atoms with Gasteiger partial charge in [0.15, 0.2) is 5.71 Å². The number of carbonyl (C=O) groups excluding carboxylic acids is 1. The number of aliphatic hydroxyl groups is 1. The average molecular weight is 395 g/mol. The molecule has 1 heterocycles. The van der Waals surface area contributed by atoms with Gasteiger partial charge in [-0.1, -0.05) is 18.2 Å². The summed E-state index contributed by atoms with van der Waals surface area (Å²) in [7, 11) is 3.33. The maximum atomic E-state index is 13.3. The van der Waals surface area contributed by atoms with Crippen LogP contribution >= 0.6 is 0 Å². The van der Waals surface area contributed by atoms with Gasteiger partial charge in [0.1, 0.15) is 5.76 Å². The normalized spacial score (nSPS) is 17.0. The molecular formula is C19H20F3N3O3. The van der Waals surface area contributed by atoms with E-state index in [-0.39, 0.29) is 5.69 Å². The topological polar surface area (TPSA) is 65.4 Å². The second-order valence-electron chi connectivity index (χ2n) is 5.86. The van der Waals surface area contributed by atoms with E-state index < -0.39 is 29.1 Å². The summed E-state index contributed by atoms with van der Waals surface area (Å²) in [6.45, 7) is 1.09. The molecule has 0 atom stereocenters. The number of para-hydroxylation sites is 1. The predicted octanol–water partition coefficient (Wildman–Crippen LogP) is 3.41. The Kier molecular flexibility index (Phi) is 7.00. The number of allylic oxidation sites excluding steroid dienone is 3. The molecule has 1 aromatic carbocycles. The third-order valence-electron chi connectivity index (χ3n) is 3.70. The molecule has 9 heteroatoms. The largest absolute Gasteiger partial charge is 0.508 e. The number of amides is 1. The molecule has 1 aliphatic rings. The zero-order valence-corrected chi connectivity index (χ0v) is 15.3. The fraction of sp³-hybridized carbons (Fsp3) is 0.263. The molecule has 1 amide bonds. The highest BCUT2D eigenvalue weighted by Crippen LogP contribution is 2.31. The molecule has 0 aliphatic carbocycles. The Morgan fingerprint density at radius 1 is 1.32 bits per heavy atom. The Bertz CT molecular complexity index is 815. The van der Waals surface area contributed by atoms with E-state index in [0.717, 1.165) is 6.08 Å². The van der Waals surface area contributed by atoms with Gasteiger partial charge in [-0.3, -0.25) is 4.79 Å². The van der Waals surface area contributed by atoms with E-state index in [0.29, 0.717) is 18.2 Å². The number of benzene rings is 1. The van der Waals surface area contributed by atoms with Crippen molar-refractivity contribution in [2.75, 3.05) is 32.3 Å². The maximum absolute atomic E-state index is 13.3. The van der Waals surface area contributed by atoms with Crippen molar-refractivity contribution in [3.8, 4) is 0 Å². The van der Waals surface area contributed by atoms with Gasteiger partial charge in [-0.05, 0) is 36.6 Å². The lowest BCUT2D eigenvalue weighted by Gasteiger charge is -2.11. The fourth-order valence-electron chi connectivity index (χ4n) is 2.29. The molecule has 150 valence electrons. The first-order chi connectivity index (χ1) is 13.2. The molecule has 1 aromatic rings. The van der Waals surface area contributed by atoms with Crippen molar-refractivity contribution in [2.24, 2.45) is 5.10 Å². The van der Waals surface area contributed by atoms with Crippen LogP contribution in [0.5, 0.6) is 0 Å². The lowest BCUT2D eigenvalue weighted by atomic mass is 10.1. The van der Waals surface area contributed by atoms with E-state index in [9.17, 15) is 23.1 Å². The number of nitrogens with zero attached hydrogens (tertiary/aromatic N) is 3. The molecule has 1 aliphatic heterocycles. The highest BCUT2D eigenvalue weighted by Gasteiger charge is 2.46. The van der Waals surface area contributed by atoms with E-state index >= 15 is 0 Å². The second kappa shape index (κ2) is 9.23. The molecule has 0 spiro atoms. The molecule has 2 rings (SSSR count). The molecule has 6 nitrogen and oxygen atoms in total. The number of carbonyl (C=O) groups is 1. The van der Waals surface area contributed by atoms with Crippen LogP contribution < -0.4 is 5.01 Å². The Labute approximate surface area is 160 Å². The third kappa shape index (κ3) is 5.46. The van der Waals surface area contributed by atoms with Crippen LogP contribution in [0.1, 0.15) is 0 Å². The van der Waals surface area contributed by atoms with E-state index in [1.54, 1.807) is 43.5 Å². The predicted molar refractivity (Wildman–Crippen MR) is 99.9 cm³/mol. The van der Waals surface area contributed by atoms with Crippen molar-refractivity contribution in [3.05, 3.63) is 66.1 Å². The average Bonchev–Trinajstić information content (AvgIpc) is 2.97. The van der Waals surface area contributed by atoms with Crippen molar-refractivity contribution in [1.29, 1.82) is 0 Å². The highest BCUT2D eigenvalue weighted by molar-refractivity contribution is 6.32. The number of hydrazone groups is 1. The molecule has 0 unspecified atom stereocenters. The highest BCUT2D eigenvalue weighted by atomic mass is 19.4. The van der Waals surface area contributed by atoms with Gasteiger partial charge in [-0.2, -0.15) is 23.3 Å². The summed E-state index contributed by atoms with van der Waals surface area (Å²) < 4.78 is 44.9. The van der Waals surface area contributed by atoms with Gasteiger partial charge in [0, 0.05) is 20.7 Å². The number of hydrogen-bond donors (Lipinski definition) is 1. The van der Waals surface area contributed by atoms with E-state index in [1.165, 1.54) is 24.3 Å². The van der Waals surface area contributed by atoms with Crippen molar-refractivity contribution in [2.45, 2.75) is 6.18 Å². The molecule has 0 aromatic heterocycles. The number of likely N-dealkylation sites (N-methyl/N-ethyl adjacent to an activating group) is 1. The monoisotopic (exact) mass is 395 g/mol. The van der Waals surface area contributed by atoms with Crippen LogP contribution in [0, 0.1) is 0 Å². The minimum atomic E-state index is -4.85. The maximum Gasteiger partial charge on any atom is 0.435 e. The number of aliphatic hydroxyl groups excluding tert-OH is 1. The van der Waals surface area contributed by atoms with Gasteiger partial charge in [0.25, 0.3) is 5.91 Å². The van der Waals surface area contributed by atoms with Gasteiger partial charge in [0.05, 0.1) is 17.9 Å². The van der Waals surface area contributed by atoms with Crippen LogP contribution in [0.2, 0.25) is 0 Å². The van der Waals surface area contributed by atoms with Gasteiger partial charge >= 0.3 is 6.18 Å². The minimum Gasteiger partial charge on any atom is -0.508 e. The summed E-state index contributed by atoms with van der Waals surface area (Å²) in [5, 5.41) is 14.0. The van der Waals surface area contributed by atoms with Crippen molar-refractivity contribution >= 4 is 17.3 Å². The van der Waals surface area contributed by atoms with E-state index in [1.807, 2.05) is 0 Å². The second-order valence-corrected chi connectivity index (χ2v) is 5.86. The summed E-state index contributed by atoms with van der Waals surface area (Å²) in [6.07, 6.45) is 0.154. The first-order valence-corrected chi connectivity index (χ1v) is 8.28. The molecule has 1 N–H and O–H groups in total. The summed E-state index contributed by atoms with van der Waals surface area (Å²) in [5.74, 6) is -1.48. The molecule has 0 radical (unpaired) electrons. The van der Waals surface area contributed by atoms with Crippen molar-refractivity contribution in [1.82, 2.24) is 4.90 Å². The Morgan fingerprint density at radius 3 is 2.61 bits per heavy atom. The van der Waals surface area contributed by atoms with Crippen molar-refractivity contribution < 1.29 is 27.8 Å². The lowest BCUT2D eigenvalue weighted by molar-refractivity contribution is -0.114. The molecule has 28 heavy (non-hydrogen) atoms. The van der Waals surface area contributed by atoms with Crippen LogP contribution in [0.15, 0.2) is 71.2 Å². The first-order valence-electron chi connectivity index (χ1n) is 8.28. The van der Waals surface area contributed by atoms with Crippen LogP contribution in [-0.2, 0) is 9.53 Å². The summed E-state index contributed by atoms with van der Waals surface area (Å²) in [5.41, 5.74) is -1.89. The number of ether oxygens (including phenoxy) is 1. The fourth-order valence-corrected chi connectivity index (χ4v) is 2.29. The van der Waals surface area contributed by atoms with E-state index in [4.69, 9.17) is 4.74 Å². The zero-order chi connectivity index (χ0) is 20.7.